The molecule has 0 bridgehead atoms. The molecule has 3 rings (SSSR count). The van der Waals surface area contributed by atoms with E-state index in [-0.39, 0.29) is 12.0 Å². The minimum Gasteiger partial charge on any atom is -0.368 e. The molecular formula is C16H26N6O3. The van der Waals surface area contributed by atoms with Gasteiger partial charge in [-0.1, -0.05) is 5.16 Å². The van der Waals surface area contributed by atoms with E-state index in [0.717, 1.165) is 38.4 Å². The molecule has 2 saturated heterocycles. The molecule has 3 heterocycles. The maximum Gasteiger partial charge on any atom is 0.251 e. The van der Waals surface area contributed by atoms with E-state index in [1.165, 1.54) is 0 Å². The molecule has 9 nitrogen and oxygen atoms in total. The first kappa shape index (κ1) is 17.7. The van der Waals surface area contributed by atoms with Crippen LogP contribution in [0.15, 0.2) is 9.52 Å². The van der Waals surface area contributed by atoms with Crippen molar-refractivity contribution in [2.45, 2.75) is 39.3 Å². The molecule has 0 aliphatic carbocycles. The van der Waals surface area contributed by atoms with Crippen LogP contribution in [0.2, 0.25) is 0 Å². The molecule has 25 heavy (non-hydrogen) atoms. The van der Waals surface area contributed by atoms with Crippen molar-refractivity contribution < 1.29 is 14.1 Å². The third-order valence-corrected chi connectivity index (χ3v) is 4.37. The van der Waals surface area contributed by atoms with E-state index in [1.54, 1.807) is 6.92 Å². The summed E-state index contributed by atoms with van der Waals surface area (Å²) in [4.78, 5) is 25.2. The van der Waals surface area contributed by atoms with Crippen LogP contribution >= 0.6 is 0 Å². The Morgan fingerprint density at radius 1 is 1.32 bits per heavy atom. The molecule has 138 valence electrons. The first-order chi connectivity index (χ1) is 12.2. The van der Waals surface area contributed by atoms with Gasteiger partial charge in [0.05, 0.1) is 0 Å². The highest BCUT2D eigenvalue weighted by atomic mass is 16.5. The maximum atomic E-state index is 12.4. The summed E-state index contributed by atoms with van der Waals surface area (Å²) in [7, 11) is 0. The number of ether oxygens (including phenoxy) is 1. The highest BCUT2D eigenvalue weighted by molar-refractivity contribution is 5.82. The summed E-state index contributed by atoms with van der Waals surface area (Å²) in [5.74, 6) is 2.05. The molecule has 2 fully saturated rings. The number of nitrogens with one attached hydrogen (secondary N) is 1. The van der Waals surface area contributed by atoms with Crippen molar-refractivity contribution in [3.05, 3.63) is 11.7 Å². The van der Waals surface area contributed by atoms with Crippen LogP contribution in [0.4, 0.5) is 0 Å². The van der Waals surface area contributed by atoms with Crippen molar-refractivity contribution in [1.82, 2.24) is 25.3 Å². The standard InChI is InChI=1S/C16H26N6O3/c1-3-17-16(18-11-14-19-12(2)25-20-14)22-8-6-21(7-9-22)15(23)13-5-4-10-24-13/h13H,3-11H2,1-2H3,(H,17,18). The van der Waals surface area contributed by atoms with E-state index in [1.807, 2.05) is 11.8 Å². The summed E-state index contributed by atoms with van der Waals surface area (Å²) < 4.78 is 10.5. The Bertz CT molecular complexity index is 603. The van der Waals surface area contributed by atoms with Crippen LogP contribution in [-0.2, 0) is 16.1 Å². The van der Waals surface area contributed by atoms with Crippen molar-refractivity contribution in [2.24, 2.45) is 4.99 Å². The second-order valence-corrected chi connectivity index (χ2v) is 6.21. The molecule has 1 unspecified atom stereocenters. The molecule has 2 aliphatic rings. The quantitative estimate of drug-likeness (QED) is 0.611. The van der Waals surface area contributed by atoms with Gasteiger partial charge in [-0.2, -0.15) is 4.98 Å². The number of rotatable bonds is 4. The Morgan fingerprint density at radius 3 is 2.68 bits per heavy atom. The smallest absolute Gasteiger partial charge is 0.251 e. The van der Waals surface area contributed by atoms with Crippen LogP contribution in [0.1, 0.15) is 31.5 Å². The van der Waals surface area contributed by atoms with Gasteiger partial charge in [0, 0.05) is 46.3 Å². The number of guanidine groups is 1. The lowest BCUT2D eigenvalue weighted by atomic mass is 10.2. The van der Waals surface area contributed by atoms with Gasteiger partial charge in [0.1, 0.15) is 12.6 Å². The van der Waals surface area contributed by atoms with Crippen LogP contribution in [-0.4, -0.2) is 77.2 Å². The molecule has 2 aliphatic heterocycles. The zero-order valence-corrected chi connectivity index (χ0v) is 14.9. The lowest BCUT2D eigenvalue weighted by Gasteiger charge is -2.37. The first-order valence-electron chi connectivity index (χ1n) is 8.90. The maximum absolute atomic E-state index is 12.4. The van der Waals surface area contributed by atoms with Crippen LogP contribution in [0.25, 0.3) is 0 Å². The molecular weight excluding hydrogens is 324 g/mol. The number of hydrogen-bond donors (Lipinski definition) is 1. The van der Waals surface area contributed by atoms with E-state index < -0.39 is 0 Å². The van der Waals surface area contributed by atoms with Crippen molar-refractivity contribution >= 4 is 11.9 Å². The predicted molar refractivity (Wildman–Crippen MR) is 91.0 cm³/mol. The van der Waals surface area contributed by atoms with Crippen molar-refractivity contribution in [3.63, 3.8) is 0 Å². The third-order valence-electron chi connectivity index (χ3n) is 4.37. The fraction of sp³-hybridized carbons (Fsp3) is 0.750. The fourth-order valence-electron chi connectivity index (χ4n) is 3.09. The van der Waals surface area contributed by atoms with E-state index in [0.29, 0.717) is 38.0 Å². The van der Waals surface area contributed by atoms with Crippen LogP contribution < -0.4 is 5.32 Å². The van der Waals surface area contributed by atoms with Crippen molar-refractivity contribution in [3.8, 4) is 0 Å². The largest absolute Gasteiger partial charge is 0.368 e. The Morgan fingerprint density at radius 2 is 2.08 bits per heavy atom. The Hall–Kier alpha value is -2.16. The average molecular weight is 350 g/mol. The number of aromatic nitrogens is 2. The summed E-state index contributed by atoms with van der Waals surface area (Å²) in [6.07, 6.45) is 1.58. The van der Waals surface area contributed by atoms with Crippen molar-refractivity contribution in [1.29, 1.82) is 0 Å². The Balaban J connectivity index is 1.55. The summed E-state index contributed by atoms with van der Waals surface area (Å²) in [6, 6.07) is 0. The predicted octanol–water partition coefficient (Wildman–Crippen LogP) is 0.167. The molecule has 0 saturated carbocycles. The molecule has 9 heteroatoms. The third kappa shape index (κ3) is 4.47. The number of carbonyl (C=O) groups is 1. The highest BCUT2D eigenvalue weighted by Crippen LogP contribution is 2.16. The number of nitrogens with zero attached hydrogens (tertiary/aromatic N) is 5. The van der Waals surface area contributed by atoms with Gasteiger partial charge >= 0.3 is 0 Å². The van der Waals surface area contributed by atoms with Crippen LogP contribution in [0.5, 0.6) is 0 Å². The number of amides is 1. The van der Waals surface area contributed by atoms with E-state index in [4.69, 9.17) is 9.26 Å². The number of carbonyl (C=O) groups excluding carboxylic acids is 1. The Labute approximate surface area is 147 Å². The topological polar surface area (TPSA) is 96.1 Å². The Kier molecular flexibility index (Phi) is 5.85. The van der Waals surface area contributed by atoms with Gasteiger partial charge in [-0.3, -0.25) is 4.79 Å². The van der Waals surface area contributed by atoms with Gasteiger partial charge in [0.2, 0.25) is 5.89 Å². The summed E-state index contributed by atoms with van der Waals surface area (Å²) in [5, 5.41) is 7.16. The number of hydrogen-bond acceptors (Lipinski definition) is 6. The second kappa shape index (κ2) is 8.28. The lowest BCUT2D eigenvalue weighted by molar-refractivity contribution is -0.142. The minimum atomic E-state index is -0.241. The number of piperazine rings is 1. The normalized spacial score (nSPS) is 21.7. The summed E-state index contributed by atoms with van der Waals surface area (Å²) in [5.41, 5.74) is 0. The van der Waals surface area contributed by atoms with Crippen LogP contribution in [0.3, 0.4) is 0 Å². The van der Waals surface area contributed by atoms with E-state index >= 15 is 0 Å². The van der Waals surface area contributed by atoms with Gasteiger partial charge < -0.3 is 24.4 Å². The molecule has 1 amide bonds. The van der Waals surface area contributed by atoms with E-state index in [2.05, 4.69) is 25.3 Å². The zero-order chi connectivity index (χ0) is 17.6. The molecule has 0 aromatic carbocycles. The molecule has 0 radical (unpaired) electrons. The zero-order valence-electron chi connectivity index (χ0n) is 14.9. The molecule has 1 atom stereocenters. The number of aryl methyl sites for hydroxylation is 1. The monoisotopic (exact) mass is 350 g/mol. The molecule has 1 aromatic rings. The van der Waals surface area contributed by atoms with Gasteiger partial charge in [0.15, 0.2) is 11.8 Å². The second-order valence-electron chi connectivity index (χ2n) is 6.21. The average Bonchev–Trinajstić information content (AvgIpc) is 3.30. The fourth-order valence-corrected chi connectivity index (χ4v) is 3.09. The molecule has 1 N–H and O–H groups in total. The summed E-state index contributed by atoms with van der Waals surface area (Å²) in [6.45, 7) is 8.50. The van der Waals surface area contributed by atoms with Crippen molar-refractivity contribution in [2.75, 3.05) is 39.3 Å². The summed E-state index contributed by atoms with van der Waals surface area (Å²) >= 11 is 0. The van der Waals surface area contributed by atoms with Gasteiger partial charge in [-0.15, -0.1) is 0 Å². The first-order valence-corrected chi connectivity index (χ1v) is 8.90. The van der Waals surface area contributed by atoms with Gasteiger partial charge in [-0.25, -0.2) is 4.99 Å². The lowest BCUT2D eigenvalue weighted by Crippen LogP contribution is -2.55. The van der Waals surface area contributed by atoms with E-state index in [9.17, 15) is 4.79 Å². The van der Waals surface area contributed by atoms with Gasteiger partial charge in [-0.05, 0) is 19.8 Å². The van der Waals surface area contributed by atoms with Gasteiger partial charge in [0.25, 0.3) is 5.91 Å². The minimum absolute atomic E-state index is 0.126. The molecule has 0 spiro atoms. The molecule has 1 aromatic heterocycles. The SMILES string of the molecule is CCNC(=NCc1noc(C)n1)N1CCN(C(=O)C2CCCO2)CC1. The number of aliphatic imine (C=N–C) groups is 1. The highest BCUT2D eigenvalue weighted by Gasteiger charge is 2.30. The van der Waals surface area contributed by atoms with Crippen LogP contribution in [0, 0.1) is 6.92 Å².